The smallest absolute Gasteiger partial charge is 0.307 e. The summed E-state index contributed by atoms with van der Waals surface area (Å²) in [5, 5.41) is -0.120. The average Bonchev–Trinajstić information content (AvgIpc) is 3.15. The van der Waals surface area contributed by atoms with Crippen molar-refractivity contribution in [2.24, 2.45) is 7.05 Å². The molecule has 180 valence electrons. The molecule has 2 heterocycles. The molecule has 11 nitrogen and oxygen atoms in total. The van der Waals surface area contributed by atoms with E-state index in [1.54, 1.807) is 37.7 Å². The van der Waals surface area contributed by atoms with Gasteiger partial charge in [-0.15, -0.1) is 0 Å². The van der Waals surface area contributed by atoms with Crippen molar-refractivity contribution >= 4 is 21.9 Å². The molecule has 1 aliphatic heterocycles. The maximum absolute atomic E-state index is 12.5. The molecule has 1 N–H and O–H groups in total. The summed E-state index contributed by atoms with van der Waals surface area (Å²) in [6.07, 6.45) is 1.82. The van der Waals surface area contributed by atoms with E-state index in [9.17, 15) is 18.0 Å². The number of nitrogens with zero attached hydrogens (tertiary/aromatic N) is 3. The van der Waals surface area contributed by atoms with Crippen LogP contribution >= 0.6 is 0 Å². The lowest BCUT2D eigenvalue weighted by atomic mass is 9.99. The predicted octanol–water partition coefficient (Wildman–Crippen LogP) is 0.542. The number of aromatic nitrogens is 2. The van der Waals surface area contributed by atoms with E-state index in [4.69, 9.17) is 14.2 Å². The number of esters is 1. The lowest BCUT2D eigenvalue weighted by Gasteiger charge is -2.29. The highest BCUT2D eigenvalue weighted by Gasteiger charge is 2.24. The van der Waals surface area contributed by atoms with Gasteiger partial charge in [0.25, 0.3) is 15.9 Å². The number of benzene rings is 1. The Morgan fingerprint density at radius 3 is 2.42 bits per heavy atom. The molecule has 0 fully saturated rings. The second-order valence-corrected chi connectivity index (χ2v) is 9.30. The summed E-state index contributed by atoms with van der Waals surface area (Å²) in [7, 11) is 0.975. The van der Waals surface area contributed by atoms with E-state index < -0.39 is 22.6 Å². The molecule has 0 bridgehead atoms. The van der Waals surface area contributed by atoms with E-state index >= 15 is 0 Å². The normalized spacial score (nSPS) is 13.4. The minimum absolute atomic E-state index is 0.120. The molecular formula is C21H28N4O7S. The van der Waals surface area contributed by atoms with Crippen LogP contribution in [-0.2, 0) is 44.4 Å². The maximum atomic E-state index is 12.5. The quantitative estimate of drug-likeness (QED) is 0.515. The van der Waals surface area contributed by atoms with Gasteiger partial charge in [-0.25, -0.2) is 18.1 Å². The SMILES string of the molecule is COc1cc2c(cc1OC)CN(C(=O)COC(=O)CCNS(=O)(=O)c1cn(C)c(C)n1)CC2. The molecule has 3 rings (SSSR count). The molecular weight excluding hydrogens is 452 g/mol. The van der Waals surface area contributed by atoms with Gasteiger partial charge in [-0.2, -0.15) is 0 Å². The summed E-state index contributed by atoms with van der Waals surface area (Å²) in [6, 6.07) is 3.75. The number of carbonyl (C=O) groups is 2. The van der Waals surface area contributed by atoms with Gasteiger partial charge in [-0.05, 0) is 36.6 Å². The van der Waals surface area contributed by atoms with Crippen molar-refractivity contribution < 1.29 is 32.2 Å². The van der Waals surface area contributed by atoms with Crippen LogP contribution in [0.25, 0.3) is 0 Å². The number of ether oxygens (including phenoxy) is 3. The van der Waals surface area contributed by atoms with Crippen LogP contribution in [0.1, 0.15) is 23.4 Å². The molecule has 1 amide bonds. The molecule has 33 heavy (non-hydrogen) atoms. The summed E-state index contributed by atoms with van der Waals surface area (Å²) in [5.41, 5.74) is 2.02. The fourth-order valence-electron chi connectivity index (χ4n) is 3.42. The molecule has 0 aliphatic carbocycles. The van der Waals surface area contributed by atoms with Crippen LogP contribution in [-0.4, -0.2) is 68.7 Å². The Kier molecular flexibility index (Phi) is 7.59. The summed E-state index contributed by atoms with van der Waals surface area (Å²) in [5.74, 6) is 0.769. The zero-order chi connectivity index (χ0) is 24.2. The molecule has 1 aromatic carbocycles. The number of aryl methyl sites for hydroxylation is 2. The van der Waals surface area contributed by atoms with E-state index in [2.05, 4.69) is 9.71 Å². The summed E-state index contributed by atoms with van der Waals surface area (Å²) < 4.78 is 44.0. The third-order valence-electron chi connectivity index (χ3n) is 5.41. The molecule has 0 saturated heterocycles. The Morgan fingerprint density at radius 2 is 1.82 bits per heavy atom. The maximum Gasteiger partial charge on any atom is 0.307 e. The number of methoxy groups -OCH3 is 2. The number of imidazole rings is 1. The van der Waals surface area contributed by atoms with Crippen molar-refractivity contribution in [2.45, 2.75) is 31.3 Å². The van der Waals surface area contributed by atoms with Gasteiger partial charge in [0.05, 0.1) is 20.6 Å². The third-order valence-corrected chi connectivity index (χ3v) is 6.74. The standard InChI is InChI=1S/C21H28N4O7S/c1-14-23-19(12-24(14)2)33(28,29)22-7-5-21(27)32-13-20(26)25-8-6-15-9-17(30-3)18(31-4)10-16(15)11-25/h9-10,12,22H,5-8,11,13H2,1-4H3. The van der Waals surface area contributed by atoms with Gasteiger partial charge in [0, 0.05) is 32.9 Å². The monoisotopic (exact) mass is 480 g/mol. The van der Waals surface area contributed by atoms with Crippen molar-refractivity contribution in [2.75, 3.05) is 33.9 Å². The van der Waals surface area contributed by atoms with E-state index in [-0.39, 0.29) is 23.9 Å². The first-order chi connectivity index (χ1) is 15.6. The Bertz CT molecular complexity index is 1120. The minimum atomic E-state index is -3.83. The second kappa shape index (κ2) is 10.2. The van der Waals surface area contributed by atoms with Crippen LogP contribution in [0.2, 0.25) is 0 Å². The van der Waals surface area contributed by atoms with Gasteiger partial charge in [0.15, 0.2) is 23.1 Å². The minimum Gasteiger partial charge on any atom is -0.493 e. The van der Waals surface area contributed by atoms with E-state index in [1.807, 2.05) is 12.1 Å². The largest absolute Gasteiger partial charge is 0.493 e. The zero-order valence-electron chi connectivity index (χ0n) is 19.1. The molecule has 0 radical (unpaired) electrons. The molecule has 0 atom stereocenters. The van der Waals surface area contributed by atoms with Crippen molar-refractivity contribution in [1.82, 2.24) is 19.2 Å². The van der Waals surface area contributed by atoms with Crippen LogP contribution in [0.15, 0.2) is 23.4 Å². The highest BCUT2D eigenvalue weighted by Crippen LogP contribution is 2.33. The van der Waals surface area contributed by atoms with Gasteiger partial charge in [-0.1, -0.05) is 0 Å². The van der Waals surface area contributed by atoms with E-state index in [0.717, 1.165) is 11.1 Å². The Labute approximate surface area is 192 Å². The summed E-state index contributed by atoms with van der Waals surface area (Å²) >= 11 is 0. The molecule has 1 aliphatic rings. The molecule has 0 spiro atoms. The molecule has 0 unspecified atom stereocenters. The molecule has 0 saturated carbocycles. The van der Waals surface area contributed by atoms with Crippen molar-refractivity contribution in [3.05, 3.63) is 35.3 Å². The number of hydrogen-bond acceptors (Lipinski definition) is 8. The zero-order valence-corrected chi connectivity index (χ0v) is 19.9. The van der Waals surface area contributed by atoms with Crippen LogP contribution in [0.5, 0.6) is 11.5 Å². The Hall–Kier alpha value is -3.12. The van der Waals surface area contributed by atoms with E-state index in [0.29, 0.717) is 36.8 Å². The number of sulfonamides is 1. The van der Waals surface area contributed by atoms with Gasteiger partial charge >= 0.3 is 5.97 Å². The lowest BCUT2D eigenvalue weighted by molar-refractivity contribution is -0.152. The topological polar surface area (TPSA) is 129 Å². The number of rotatable bonds is 9. The number of fused-ring (bicyclic) bond motifs is 1. The van der Waals surface area contributed by atoms with Crippen LogP contribution in [0.3, 0.4) is 0 Å². The number of carbonyl (C=O) groups excluding carboxylic acids is 2. The Morgan fingerprint density at radius 1 is 1.15 bits per heavy atom. The van der Waals surface area contributed by atoms with Gasteiger partial charge in [0.2, 0.25) is 0 Å². The van der Waals surface area contributed by atoms with Gasteiger partial charge in [-0.3, -0.25) is 9.59 Å². The second-order valence-electron chi connectivity index (χ2n) is 7.59. The average molecular weight is 481 g/mol. The van der Waals surface area contributed by atoms with Gasteiger partial charge < -0.3 is 23.7 Å². The summed E-state index contributed by atoms with van der Waals surface area (Å²) in [4.78, 5) is 30.1. The number of nitrogens with one attached hydrogen (secondary N) is 1. The number of hydrogen-bond donors (Lipinski definition) is 1. The first-order valence-corrected chi connectivity index (χ1v) is 11.8. The van der Waals surface area contributed by atoms with Crippen LogP contribution < -0.4 is 14.2 Å². The predicted molar refractivity (Wildman–Crippen MR) is 117 cm³/mol. The first kappa shape index (κ1) is 24.5. The van der Waals surface area contributed by atoms with Crippen molar-refractivity contribution in [1.29, 1.82) is 0 Å². The highest BCUT2D eigenvalue weighted by molar-refractivity contribution is 7.89. The number of amides is 1. The third kappa shape index (κ3) is 5.82. The van der Waals surface area contributed by atoms with Crippen LogP contribution in [0, 0.1) is 6.92 Å². The summed E-state index contributed by atoms with van der Waals surface area (Å²) in [6.45, 7) is 1.97. The molecule has 1 aromatic heterocycles. The van der Waals surface area contributed by atoms with Crippen molar-refractivity contribution in [3.8, 4) is 11.5 Å². The fraction of sp³-hybridized carbons (Fsp3) is 0.476. The van der Waals surface area contributed by atoms with Crippen molar-refractivity contribution in [3.63, 3.8) is 0 Å². The fourth-order valence-corrected chi connectivity index (χ4v) is 4.49. The Balaban J connectivity index is 1.46. The highest BCUT2D eigenvalue weighted by atomic mass is 32.2. The molecule has 2 aromatic rings. The van der Waals surface area contributed by atoms with Gasteiger partial charge in [0.1, 0.15) is 5.82 Å². The van der Waals surface area contributed by atoms with E-state index in [1.165, 1.54) is 6.20 Å². The lowest BCUT2D eigenvalue weighted by Crippen LogP contribution is -2.38. The first-order valence-electron chi connectivity index (χ1n) is 10.3. The van der Waals surface area contributed by atoms with Crippen LogP contribution in [0.4, 0.5) is 0 Å². The molecule has 12 heteroatoms.